The Kier molecular flexibility index (Phi) is 5.41. The predicted octanol–water partition coefficient (Wildman–Crippen LogP) is 4.07. The average molecular weight is 481 g/mol. The van der Waals surface area contributed by atoms with Crippen LogP contribution < -0.4 is 16.0 Å². The lowest BCUT2D eigenvalue weighted by atomic mass is 10.1. The van der Waals surface area contributed by atoms with Crippen LogP contribution in [0.3, 0.4) is 0 Å². The van der Waals surface area contributed by atoms with Gasteiger partial charge in [0, 0.05) is 18.6 Å². The van der Waals surface area contributed by atoms with E-state index in [4.69, 9.17) is 4.74 Å². The number of imidazole rings is 1. The molecule has 4 aromatic rings. The third-order valence-corrected chi connectivity index (χ3v) is 5.57. The van der Waals surface area contributed by atoms with E-state index in [-0.39, 0.29) is 11.7 Å². The van der Waals surface area contributed by atoms with E-state index in [2.05, 4.69) is 27.5 Å². The number of allylic oxidation sites excluding steroid dienone is 1. The summed E-state index contributed by atoms with van der Waals surface area (Å²) in [6.07, 6.45) is 0. The zero-order chi connectivity index (χ0) is 22.3. The van der Waals surface area contributed by atoms with Crippen LogP contribution in [0.1, 0.15) is 18.1 Å². The molecule has 0 N–H and O–H groups in total. The summed E-state index contributed by atoms with van der Waals surface area (Å²) < 4.78 is 11.2. The normalized spacial score (nSPS) is 11.1. The number of aryl methyl sites for hydroxylation is 1. The zero-order valence-electron chi connectivity index (χ0n) is 17.4. The molecule has 0 saturated carbocycles. The van der Waals surface area contributed by atoms with Gasteiger partial charge < -0.3 is 4.74 Å². The molecule has 31 heavy (non-hydrogen) atoms. The fourth-order valence-electron chi connectivity index (χ4n) is 3.40. The highest BCUT2D eigenvalue weighted by Crippen LogP contribution is 2.27. The summed E-state index contributed by atoms with van der Waals surface area (Å²) in [7, 11) is 3.05. The first-order valence-corrected chi connectivity index (χ1v) is 10.4. The Balaban J connectivity index is 1.93. The largest absolute Gasteiger partial charge is 0.425 e. The van der Waals surface area contributed by atoms with Gasteiger partial charge in [-0.25, -0.2) is 4.79 Å². The molecule has 2 aromatic heterocycles. The van der Waals surface area contributed by atoms with Crippen LogP contribution in [-0.4, -0.2) is 18.7 Å². The second-order valence-corrected chi connectivity index (χ2v) is 8.31. The molecule has 7 nitrogen and oxygen atoms in total. The Morgan fingerprint density at radius 1 is 1.10 bits per heavy atom. The standard InChI is InChI=1S/C23H21BrN4O3/c1-14(2)16-8-6-10-18(12-16)31-22-25-20-19(21(29)27(4)23(30)26(20)3)28(22)13-15-7-5-9-17(24)11-15/h5-12H,1,13H2,2-4H3. The number of nitrogens with zero attached hydrogens (tertiary/aromatic N) is 4. The van der Waals surface area contributed by atoms with E-state index < -0.39 is 11.2 Å². The first-order valence-electron chi connectivity index (χ1n) is 9.60. The quantitative estimate of drug-likeness (QED) is 0.431. The van der Waals surface area contributed by atoms with E-state index >= 15 is 0 Å². The summed E-state index contributed by atoms with van der Waals surface area (Å²) in [5.41, 5.74) is 2.50. The molecular formula is C23H21BrN4O3. The van der Waals surface area contributed by atoms with Crippen LogP contribution in [0.2, 0.25) is 0 Å². The van der Waals surface area contributed by atoms with E-state index in [0.29, 0.717) is 17.8 Å². The highest BCUT2D eigenvalue weighted by molar-refractivity contribution is 9.10. The summed E-state index contributed by atoms with van der Waals surface area (Å²) in [5.74, 6) is 0.563. The lowest BCUT2D eigenvalue weighted by molar-refractivity contribution is 0.421. The number of ether oxygens (including phenoxy) is 1. The fraction of sp³-hybridized carbons (Fsp3) is 0.174. The smallest absolute Gasteiger partial charge is 0.332 e. The summed E-state index contributed by atoms with van der Waals surface area (Å²) in [5, 5.41) is 0. The van der Waals surface area contributed by atoms with Gasteiger partial charge in [-0.1, -0.05) is 52.3 Å². The maximum absolute atomic E-state index is 13.0. The van der Waals surface area contributed by atoms with Gasteiger partial charge in [-0.3, -0.25) is 18.5 Å². The molecule has 0 radical (unpaired) electrons. The van der Waals surface area contributed by atoms with Crippen LogP contribution in [0.4, 0.5) is 0 Å². The van der Waals surface area contributed by atoms with Crippen molar-refractivity contribution < 1.29 is 4.74 Å². The number of aromatic nitrogens is 4. The van der Waals surface area contributed by atoms with Crippen molar-refractivity contribution in [3.05, 3.63) is 91.5 Å². The number of hydrogen-bond donors (Lipinski definition) is 0. The fourth-order valence-corrected chi connectivity index (χ4v) is 3.85. The second-order valence-electron chi connectivity index (χ2n) is 7.40. The number of rotatable bonds is 5. The lowest BCUT2D eigenvalue weighted by Crippen LogP contribution is -2.37. The molecule has 0 atom stereocenters. The van der Waals surface area contributed by atoms with Gasteiger partial charge in [-0.2, -0.15) is 4.98 Å². The molecule has 0 fully saturated rings. The Hall–Kier alpha value is -3.39. The summed E-state index contributed by atoms with van der Waals surface area (Å²) >= 11 is 3.48. The molecule has 2 heterocycles. The van der Waals surface area contributed by atoms with Crippen LogP contribution in [0.15, 0.2) is 69.2 Å². The first kappa shape index (κ1) is 20.9. The van der Waals surface area contributed by atoms with Crippen LogP contribution in [0, 0.1) is 0 Å². The molecule has 0 aliphatic heterocycles. The number of fused-ring (bicyclic) bond motifs is 1. The molecule has 158 valence electrons. The van der Waals surface area contributed by atoms with Crippen molar-refractivity contribution in [3.8, 4) is 11.8 Å². The zero-order valence-corrected chi connectivity index (χ0v) is 19.0. The summed E-state index contributed by atoms with van der Waals surface area (Å²) in [6.45, 7) is 6.23. The predicted molar refractivity (Wildman–Crippen MR) is 125 cm³/mol. The van der Waals surface area contributed by atoms with E-state index in [1.54, 1.807) is 11.6 Å². The van der Waals surface area contributed by atoms with Crippen molar-refractivity contribution in [1.29, 1.82) is 0 Å². The Morgan fingerprint density at radius 3 is 2.55 bits per heavy atom. The minimum atomic E-state index is -0.444. The van der Waals surface area contributed by atoms with Crippen LogP contribution >= 0.6 is 15.9 Å². The van der Waals surface area contributed by atoms with Gasteiger partial charge in [0.1, 0.15) is 5.75 Å². The van der Waals surface area contributed by atoms with Crippen molar-refractivity contribution in [1.82, 2.24) is 18.7 Å². The van der Waals surface area contributed by atoms with Gasteiger partial charge in [-0.05, 0) is 42.3 Å². The molecule has 0 aliphatic rings. The molecule has 0 aliphatic carbocycles. The molecule has 0 unspecified atom stereocenters. The van der Waals surface area contributed by atoms with Gasteiger partial charge in [0.15, 0.2) is 11.2 Å². The molecule has 0 amide bonds. The SMILES string of the molecule is C=C(C)c1cccc(Oc2nc3c(c(=O)n(C)c(=O)n3C)n2Cc2cccc(Br)c2)c1. The highest BCUT2D eigenvalue weighted by atomic mass is 79.9. The van der Waals surface area contributed by atoms with E-state index in [1.807, 2.05) is 55.5 Å². The van der Waals surface area contributed by atoms with Crippen LogP contribution in [0.5, 0.6) is 11.8 Å². The molecule has 0 saturated heterocycles. The van der Waals surface area contributed by atoms with Crippen molar-refractivity contribution in [3.63, 3.8) is 0 Å². The van der Waals surface area contributed by atoms with Gasteiger partial charge in [0.2, 0.25) is 0 Å². The molecule has 0 spiro atoms. The number of benzene rings is 2. The third-order valence-electron chi connectivity index (χ3n) is 5.08. The second kappa shape index (κ2) is 8.03. The number of halogens is 1. The van der Waals surface area contributed by atoms with Crippen LogP contribution in [0.25, 0.3) is 16.7 Å². The topological polar surface area (TPSA) is 71.1 Å². The summed E-state index contributed by atoms with van der Waals surface area (Å²) in [6, 6.07) is 15.5. The molecule has 2 aromatic carbocycles. The lowest BCUT2D eigenvalue weighted by Gasteiger charge is -2.11. The molecular weight excluding hydrogens is 460 g/mol. The number of hydrogen-bond acceptors (Lipinski definition) is 4. The Bertz CT molecular complexity index is 1450. The molecule has 0 bridgehead atoms. The Morgan fingerprint density at radius 2 is 1.84 bits per heavy atom. The minimum absolute atomic E-state index is 0.229. The third kappa shape index (κ3) is 3.86. The van der Waals surface area contributed by atoms with Gasteiger partial charge in [0.05, 0.1) is 6.54 Å². The van der Waals surface area contributed by atoms with Crippen molar-refractivity contribution >= 4 is 32.7 Å². The van der Waals surface area contributed by atoms with E-state index in [0.717, 1.165) is 25.7 Å². The van der Waals surface area contributed by atoms with Gasteiger partial charge in [-0.15, -0.1) is 0 Å². The van der Waals surface area contributed by atoms with Crippen molar-refractivity contribution in [2.24, 2.45) is 14.1 Å². The van der Waals surface area contributed by atoms with Gasteiger partial charge in [0.25, 0.3) is 5.56 Å². The maximum Gasteiger partial charge on any atom is 0.332 e. The van der Waals surface area contributed by atoms with E-state index in [1.165, 1.54) is 11.6 Å². The summed E-state index contributed by atoms with van der Waals surface area (Å²) in [4.78, 5) is 29.9. The Labute approximate surface area is 187 Å². The molecule has 8 heteroatoms. The van der Waals surface area contributed by atoms with Crippen LogP contribution in [-0.2, 0) is 20.6 Å². The molecule has 4 rings (SSSR count). The highest BCUT2D eigenvalue weighted by Gasteiger charge is 2.21. The average Bonchev–Trinajstić information content (AvgIpc) is 3.09. The van der Waals surface area contributed by atoms with Crippen molar-refractivity contribution in [2.45, 2.75) is 13.5 Å². The van der Waals surface area contributed by atoms with E-state index in [9.17, 15) is 9.59 Å². The van der Waals surface area contributed by atoms with Crippen molar-refractivity contribution in [2.75, 3.05) is 0 Å². The monoisotopic (exact) mass is 480 g/mol. The minimum Gasteiger partial charge on any atom is -0.425 e. The first-order chi connectivity index (χ1) is 14.8. The van der Waals surface area contributed by atoms with Gasteiger partial charge >= 0.3 is 11.7 Å². The maximum atomic E-state index is 13.0.